The van der Waals surface area contributed by atoms with Gasteiger partial charge in [0, 0.05) is 13.1 Å². The molecule has 0 amide bonds. The molecular weight excluding hydrogens is 264 g/mol. The van der Waals surface area contributed by atoms with Crippen molar-refractivity contribution < 1.29 is 24.1 Å². The van der Waals surface area contributed by atoms with Gasteiger partial charge in [0.15, 0.2) is 17.2 Å². The third-order valence-electron chi connectivity index (χ3n) is 2.93. The van der Waals surface area contributed by atoms with Gasteiger partial charge < -0.3 is 19.3 Å². The number of ether oxygens (including phenoxy) is 3. The average molecular weight is 276 g/mol. The molecule has 0 saturated carbocycles. The van der Waals surface area contributed by atoms with E-state index in [9.17, 15) is 4.79 Å². The Morgan fingerprint density at radius 2 is 2.20 bits per heavy atom. The molecule has 3 rings (SSSR count). The number of aromatic nitrogens is 2. The van der Waals surface area contributed by atoms with E-state index in [0.717, 1.165) is 0 Å². The summed E-state index contributed by atoms with van der Waals surface area (Å²) in [5, 5.41) is 12.7. The first-order chi connectivity index (χ1) is 9.63. The Morgan fingerprint density at radius 1 is 1.40 bits per heavy atom. The number of fused-ring (bicyclic) bond motifs is 1. The molecule has 0 spiro atoms. The van der Waals surface area contributed by atoms with Crippen LogP contribution in [0.5, 0.6) is 17.2 Å². The number of carbonyl (C=O) groups is 1. The van der Waals surface area contributed by atoms with Crippen LogP contribution >= 0.6 is 0 Å². The van der Waals surface area contributed by atoms with E-state index in [1.54, 1.807) is 25.2 Å². The lowest BCUT2D eigenvalue weighted by Crippen LogP contribution is -2.03. The van der Waals surface area contributed by atoms with Crippen LogP contribution in [0.3, 0.4) is 0 Å². The minimum atomic E-state index is -1.06. The zero-order valence-corrected chi connectivity index (χ0v) is 10.7. The van der Waals surface area contributed by atoms with Gasteiger partial charge in [-0.05, 0) is 18.2 Å². The highest BCUT2D eigenvalue weighted by molar-refractivity contribution is 5.85. The van der Waals surface area contributed by atoms with Gasteiger partial charge in [0.1, 0.15) is 12.4 Å². The normalized spacial score (nSPS) is 12.4. The van der Waals surface area contributed by atoms with Crippen LogP contribution in [0.2, 0.25) is 0 Å². The maximum absolute atomic E-state index is 10.8. The molecule has 104 valence electrons. The van der Waals surface area contributed by atoms with Crippen molar-refractivity contribution in [3.05, 3.63) is 35.7 Å². The van der Waals surface area contributed by atoms with Gasteiger partial charge in [0.25, 0.3) is 0 Å². The second-order valence-corrected chi connectivity index (χ2v) is 4.25. The van der Waals surface area contributed by atoms with Crippen LogP contribution in [0.4, 0.5) is 0 Å². The highest BCUT2D eigenvalue weighted by atomic mass is 16.7. The molecule has 0 fully saturated rings. The van der Waals surface area contributed by atoms with Gasteiger partial charge in [-0.15, -0.1) is 0 Å². The molecule has 20 heavy (non-hydrogen) atoms. The topological polar surface area (TPSA) is 82.8 Å². The van der Waals surface area contributed by atoms with Gasteiger partial charge in [-0.1, -0.05) is 0 Å². The fraction of sp³-hybridized carbons (Fsp3) is 0.231. The lowest BCUT2D eigenvalue weighted by Gasteiger charge is -2.06. The molecule has 7 heteroatoms. The van der Waals surface area contributed by atoms with E-state index in [1.165, 1.54) is 10.7 Å². The maximum Gasteiger partial charge on any atom is 0.356 e. The second kappa shape index (κ2) is 4.76. The first-order valence-corrected chi connectivity index (χ1v) is 5.92. The second-order valence-electron chi connectivity index (χ2n) is 4.25. The quantitative estimate of drug-likeness (QED) is 0.909. The summed E-state index contributed by atoms with van der Waals surface area (Å²) in [6.07, 6.45) is 0. The number of carboxylic acid groups (broad SMARTS) is 1. The highest BCUT2D eigenvalue weighted by Gasteiger charge is 2.15. The lowest BCUT2D eigenvalue weighted by atomic mass is 10.3. The van der Waals surface area contributed by atoms with Gasteiger partial charge in [-0.3, -0.25) is 4.68 Å². The number of nitrogens with zero attached hydrogens (tertiary/aromatic N) is 2. The van der Waals surface area contributed by atoms with Crippen LogP contribution < -0.4 is 14.2 Å². The van der Waals surface area contributed by atoms with Gasteiger partial charge >= 0.3 is 5.97 Å². The minimum Gasteiger partial charge on any atom is -0.487 e. The van der Waals surface area contributed by atoms with Crippen molar-refractivity contribution in [2.45, 2.75) is 6.61 Å². The number of benzene rings is 1. The van der Waals surface area contributed by atoms with Gasteiger partial charge in [-0.2, -0.15) is 5.10 Å². The van der Waals surface area contributed by atoms with Crippen molar-refractivity contribution in [2.24, 2.45) is 7.05 Å². The molecule has 2 heterocycles. The average Bonchev–Trinajstić information content (AvgIpc) is 3.02. The zero-order chi connectivity index (χ0) is 14.1. The smallest absolute Gasteiger partial charge is 0.356 e. The monoisotopic (exact) mass is 276 g/mol. The summed E-state index contributed by atoms with van der Waals surface area (Å²) in [7, 11) is 1.67. The Balaban J connectivity index is 1.72. The van der Waals surface area contributed by atoms with E-state index >= 15 is 0 Å². The standard InChI is InChI=1S/C13H12N2O5/c1-15-8(4-10(14-15)13(16)17)6-18-9-2-3-11-12(5-9)20-7-19-11/h2-5H,6-7H2,1H3,(H,16,17). The molecule has 0 atom stereocenters. The summed E-state index contributed by atoms with van der Waals surface area (Å²) in [6, 6.07) is 6.75. The van der Waals surface area contributed by atoms with Crippen molar-refractivity contribution in [2.75, 3.05) is 6.79 Å². The third-order valence-corrected chi connectivity index (χ3v) is 2.93. The van der Waals surface area contributed by atoms with Crippen molar-refractivity contribution in [1.29, 1.82) is 0 Å². The van der Waals surface area contributed by atoms with E-state index in [0.29, 0.717) is 22.9 Å². The van der Waals surface area contributed by atoms with Crippen LogP contribution in [0.25, 0.3) is 0 Å². The Kier molecular flexibility index (Phi) is 2.94. The Hall–Kier alpha value is -2.70. The third kappa shape index (κ3) is 2.25. The number of rotatable bonds is 4. The predicted octanol–water partition coefficient (Wildman–Crippen LogP) is 1.43. The molecule has 1 N–H and O–H groups in total. The summed E-state index contributed by atoms with van der Waals surface area (Å²) in [5.41, 5.74) is 0.664. The SMILES string of the molecule is Cn1nc(C(=O)O)cc1COc1ccc2c(c1)OCO2. The predicted molar refractivity (Wildman–Crippen MR) is 67.1 cm³/mol. The fourth-order valence-corrected chi connectivity index (χ4v) is 1.87. The van der Waals surface area contributed by atoms with Gasteiger partial charge in [0.2, 0.25) is 6.79 Å². The maximum atomic E-state index is 10.8. The Morgan fingerprint density at radius 3 is 2.95 bits per heavy atom. The van der Waals surface area contributed by atoms with E-state index in [4.69, 9.17) is 19.3 Å². The van der Waals surface area contributed by atoms with Crippen molar-refractivity contribution in [1.82, 2.24) is 9.78 Å². The molecule has 0 unspecified atom stereocenters. The van der Waals surface area contributed by atoms with Crippen molar-refractivity contribution in [3.8, 4) is 17.2 Å². The largest absolute Gasteiger partial charge is 0.487 e. The molecule has 0 bridgehead atoms. The zero-order valence-electron chi connectivity index (χ0n) is 10.7. The molecule has 2 aromatic rings. The lowest BCUT2D eigenvalue weighted by molar-refractivity contribution is 0.0689. The van der Waals surface area contributed by atoms with E-state index in [1.807, 2.05) is 0 Å². The molecule has 7 nitrogen and oxygen atoms in total. The number of hydrogen-bond donors (Lipinski definition) is 1. The van der Waals surface area contributed by atoms with Crippen LogP contribution in [-0.2, 0) is 13.7 Å². The first kappa shape index (κ1) is 12.3. The van der Waals surface area contributed by atoms with Gasteiger partial charge in [-0.25, -0.2) is 4.79 Å². The Labute approximate surface area is 114 Å². The molecule has 1 aromatic carbocycles. The summed E-state index contributed by atoms with van der Waals surface area (Å²) < 4.78 is 17.5. The van der Waals surface area contributed by atoms with Crippen LogP contribution in [0, 0.1) is 0 Å². The van der Waals surface area contributed by atoms with Crippen LogP contribution in [-0.4, -0.2) is 27.6 Å². The van der Waals surface area contributed by atoms with E-state index < -0.39 is 5.97 Å². The van der Waals surface area contributed by atoms with Crippen LogP contribution in [0.15, 0.2) is 24.3 Å². The highest BCUT2D eigenvalue weighted by Crippen LogP contribution is 2.35. The first-order valence-electron chi connectivity index (χ1n) is 5.92. The number of hydrogen-bond acceptors (Lipinski definition) is 5. The van der Waals surface area contributed by atoms with E-state index in [-0.39, 0.29) is 19.1 Å². The summed E-state index contributed by atoms with van der Waals surface area (Å²) in [6.45, 7) is 0.429. The Bertz CT molecular complexity index is 665. The molecule has 0 saturated heterocycles. The summed E-state index contributed by atoms with van der Waals surface area (Å²) in [5.74, 6) is 0.882. The fourth-order valence-electron chi connectivity index (χ4n) is 1.87. The molecule has 1 aliphatic heterocycles. The number of carboxylic acids is 1. The van der Waals surface area contributed by atoms with Crippen molar-refractivity contribution >= 4 is 5.97 Å². The molecule has 1 aromatic heterocycles. The van der Waals surface area contributed by atoms with Crippen molar-refractivity contribution in [3.63, 3.8) is 0 Å². The number of aryl methyl sites for hydroxylation is 1. The molecule has 0 aliphatic carbocycles. The van der Waals surface area contributed by atoms with Gasteiger partial charge in [0.05, 0.1) is 5.69 Å². The van der Waals surface area contributed by atoms with E-state index in [2.05, 4.69) is 5.10 Å². The molecule has 0 radical (unpaired) electrons. The molecule has 1 aliphatic rings. The summed E-state index contributed by atoms with van der Waals surface area (Å²) in [4.78, 5) is 10.8. The summed E-state index contributed by atoms with van der Waals surface area (Å²) >= 11 is 0. The minimum absolute atomic E-state index is 0.00298. The number of aromatic carboxylic acids is 1. The van der Waals surface area contributed by atoms with Crippen LogP contribution in [0.1, 0.15) is 16.2 Å². The molecular formula is C13H12N2O5.